The number of allylic oxidation sites excluding steroid dienone is 2. The molecule has 0 heterocycles. The molecule has 0 N–H and O–H groups in total. The molecule has 21 heavy (non-hydrogen) atoms. The lowest BCUT2D eigenvalue weighted by Gasteiger charge is -2.28. The van der Waals surface area contributed by atoms with Crippen molar-refractivity contribution in [3.63, 3.8) is 0 Å². The first kappa shape index (κ1) is 16.3. The summed E-state index contributed by atoms with van der Waals surface area (Å²) < 4.78 is 5.60. The Hall–Kier alpha value is -1.08. The molecule has 1 fully saturated rings. The fourth-order valence-electron chi connectivity index (χ4n) is 3.28. The second-order valence-electron chi connectivity index (χ2n) is 6.32. The summed E-state index contributed by atoms with van der Waals surface area (Å²) in [6.07, 6.45) is 12.4. The SMILES string of the molecule is CC=CCC1CCC(c2ccc(COCCC)cc2)CC1. The average molecular weight is 286 g/mol. The first-order valence-corrected chi connectivity index (χ1v) is 8.61. The Bertz CT molecular complexity index is 410. The topological polar surface area (TPSA) is 9.23 Å². The van der Waals surface area contributed by atoms with E-state index in [0.29, 0.717) is 0 Å². The van der Waals surface area contributed by atoms with Gasteiger partial charge in [0, 0.05) is 6.61 Å². The van der Waals surface area contributed by atoms with Gasteiger partial charge in [-0.2, -0.15) is 0 Å². The highest BCUT2D eigenvalue weighted by Crippen LogP contribution is 2.37. The van der Waals surface area contributed by atoms with Crippen molar-refractivity contribution >= 4 is 0 Å². The van der Waals surface area contributed by atoms with E-state index in [1.54, 1.807) is 0 Å². The number of hydrogen-bond acceptors (Lipinski definition) is 1. The highest BCUT2D eigenvalue weighted by Gasteiger charge is 2.21. The Morgan fingerprint density at radius 2 is 1.81 bits per heavy atom. The van der Waals surface area contributed by atoms with Crippen molar-refractivity contribution < 1.29 is 4.74 Å². The molecule has 0 saturated heterocycles. The zero-order chi connectivity index (χ0) is 14.9. The summed E-state index contributed by atoms with van der Waals surface area (Å²) in [6, 6.07) is 9.14. The highest BCUT2D eigenvalue weighted by molar-refractivity contribution is 5.25. The monoisotopic (exact) mass is 286 g/mol. The van der Waals surface area contributed by atoms with E-state index < -0.39 is 0 Å². The third-order valence-electron chi connectivity index (χ3n) is 4.62. The van der Waals surface area contributed by atoms with Crippen LogP contribution in [0, 0.1) is 5.92 Å². The van der Waals surface area contributed by atoms with E-state index in [9.17, 15) is 0 Å². The number of benzene rings is 1. The molecule has 116 valence electrons. The van der Waals surface area contributed by atoms with Gasteiger partial charge < -0.3 is 4.74 Å². The van der Waals surface area contributed by atoms with Gasteiger partial charge in [-0.3, -0.25) is 0 Å². The largest absolute Gasteiger partial charge is 0.377 e. The van der Waals surface area contributed by atoms with Gasteiger partial charge in [0.25, 0.3) is 0 Å². The van der Waals surface area contributed by atoms with Crippen LogP contribution in [0.2, 0.25) is 0 Å². The van der Waals surface area contributed by atoms with Crippen LogP contribution in [0.3, 0.4) is 0 Å². The van der Waals surface area contributed by atoms with Crippen molar-refractivity contribution in [3.8, 4) is 0 Å². The van der Waals surface area contributed by atoms with Gasteiger partial charge in [0.2, 0.25) is 0 Å². The predicted molar refractivity (Wildman–Crippen MR) is 90.5 cm³/mol. The lowest BCUT2D eigenvalue weighted by Crippen LogP contribution is -2.12. The van der Waals surface area contributed by atoms with Gasteiger partial charge in [-0.05, 0) is 68.4 Å². The second-order valence-corrected chi connectivity index (χ2v) is 6.32. The van der Waals surface area contributed by atoms with E-state index in [1.165, 1.54) is 43.2 Å². The molecule has 0 atom stereocenters. The number of hydrogen-bond donors (Lipinski definition) is 0. The Kier molecular flexibility index (Phi) is 7.02. The van der Waals surface area contributed by atoms with Crippen molar-refractivity contribution in [2.45, 2.75) is 64.9 Å². The van der Waals surface area contributed by atoms with Gasteiger partial charge in [-0.25, -0.2) is 0 Å². The molecule has 1 aliphatic rings. The van der Waals surface area contributed by atoms with E-state index >= 15 is 0 Å². The van der Waals surface area contributed by atoms with Gasteiger partial charge in [0.1, 0.15) is 0 Å². The molecule has 1 aromatic rings. The fourth-order valence-corrected chi connectivity index (χ4v) is 3.28. The van der Waals surface area contributed by atoms with Gasteiger partial charge in [0.05, 0.1) is 6.61 Å². The summed E-state index contributed by atoms with van der Waals surface area (Å²) in [7, 11) is 0. The standard InChI is InChI=1S/C20H30O/c1-3-5-6-17-7-11-19(12-8-17)20-13-9-18(10-14-20)16-21-15-4-2/h3,5,9-10,13-14,17,19H,4,6-8,11-12,15-16H2,1-2H3. The molecule has 0 unspecified atom stereocenters. The summed E-state index contributed by atoms with van der Waals surface area (Å²) in [6.45, 7) is 5.88. The van der Waals surface area contributed by atoms with Crippen LogP contribution in [0.15, 0.2) is 36.4 Å². The van der Waals surface area contributed by atoms with E-state index in [-0.39, 0.29) is 0 Å². The van der Waals surface area contributed by atoms with Crippen LogP contribution < -0.4 is 0 Å². The van der Waals surface area contributed by atoms with Crippen molar-refractivity contribution in [2.75, 3.05) is 6.61 Å². The average Bonchev–Trinajstić information content (AvgIpc) is 2.54. The molecule has 1 nitrogen and oxygen atoms in total. The highest BCUT2D eigenvalue weighted by atomic mass is 16.5. The smallest absolute Gasteiger partial charge is 0.0716 e. The molecular weight excluding hydrogens is 256 g/mol. The second kappa shape index (κ2) is 9.04. The minimum atomic E-state index is 0.754. The molecule has 0 spiro atoms. The van der Waals surface area contributed by atoms with E-state index in [4.69, 9.17) is 4.74 Å². The van der Waals surface area contributed by atoms with Crippen molar-refractivity contribution in [3.05, 3.63) is 47.5 Å². The van der Waals surface area contributed by atoms with E-state index in [2.05, 4.69) is 50.3 Å². The molecule has 1 aromatic carbocycles. The normalized spacial score (nSPS) is 22.8. The van der Waals surface area contributed by atoms with Gasteiger partial charge >= 0.3 is 0 Å². The van der Waals surface area contributed by atoms with Crippen LogP contribution in [0.4, 0.5) is 0 Å². The van der Waals surface area contributed by atoms with Crippen LogP contribution in [-0.2, 0) is 11.3 Å². The van der Waals surface area contributed by atoms with Crippen LogP contribution in [-0.4, -0.2) is 6.61 Å². The maximum atomic E-state index is 5.60. The van der Waals surface area contributed by atoms with Gasteiger partial charge in [-0.1, -0.05) is 43.3 Å². The summed E-state index contributed by atoms with van der Waals surface area (Å²) in [5.74, 6) is 1.69. The molecule has 0 aliphatic heterocycles. The van der Waals surface area contributed by atoms with E-state index in [1.807, 2.05) is 0 Å². The molecular formula is C20H30O. The van der Waals surface area contributed by atoms with Crippen LogP contribution >= 0.6 is 0 Å². The zero-order valence-electron chi connectivity index (χ0n) is 13.7. The van der Waals surface area contributed by atoms with Gasteiger partial charge in [0.15, 0.2) is 0 Å². The Labute approximate surface area is 130 Å². The minimum absolute atomic E-state index is 0.754. The summed E-state index contributed by atoms with van der Waals surface area (Å²) >= 11 is 0. The molecule has 0 aromatic heterocycles. The van der Waals surface area contributed by atoms with Crippen molar-refractivity contribution in [1.29, 1.82) is 0 Å². The number of ether oxygens (including phenoxy) is 1. The minimum Gasteiger partial charge on any atom is -0.377 e. The lowest BCUT2D eigenvalue weighted by atomic mass is 9.77. The zero-order valence-corrected chi connectivity index (χ0v) is 13.7. The Morgan fingerprint density at radius 3 is 2.43 bits per heavy atom. The third-order valence-corrected chi connectivity index (χ3v) is 4.62. The molecule has 1 saturated carbocycles. The molecule has 1 heteroatoms. The predicted octanol–water partition coefficient (Wildman–Crippen LogP) is 5.85. The molecule has 1 aliphatic carbocycles. The van der Waals surface area contributed by atoms with E-state index in [0.717, 1.165) is 31.5 Å². The summed E-state index contributed by atoms with van der Waals surface area (Å²) in [5, 5.41) is 0. The first-order chi connectivity index (χ1) is 10.3. The molecule has 2 rings (SSSR count). The fraction of sp³-hybridized carbons (Fsp3) is 0.600. The quantitative estimate of drug-likeness (QED) is 0.451. The number of rotatable bonds is 7. The lowest BCUT2D eigenvalue weighted by molar-refractivity contribution is 0.121. The Balaban J connectivity index is 1.80. The first-order valence-electron chi connectivity index (χ1n) is 8.61. The van der Waals surface area contributed by atoms with Crippen LogP contribution in [0.5, 0.6) is 0 Å². The summed E-state index contributed by atoms with van der Waals surface area (Å²) in [4.78, 5) is 0. The maximum absolute atomic E-state index is 5.60. The molecule has 0 radical (unpaired) electrons. The van der Waals surface area contributed by atoms with Crippen LogP contribution in [0.25, 0.3) is 0 Å². The summed E-state index contributed by atoms with van der Waals surface area (Å²) in [5.41, 5.74) is 2.83. The molecule has 0 amide bonds. The van der Waals surface area contributed by atoms with Crippen molar-refractivity contribution in [2.24, 2.45) is 5.92 Å². The van der Waals surface area contributed by atoms with Gasteiger partial charge in [-0.15, -0.1) is 0 Å². The van der Waals surface area contributed by atoms with Crippen molar-refractivity contribution in [1.82, 2.24) is 0 Å². The maximum Gasteiger partial charge on any atom is 0.0716 e. The molecule has 0 bridgehead atoms. The van der Waals surface area contributed by atoms with Crippen LogP contribution in [0.1, 0.15) is 69.4 Å². The Morgan fingerprint density at radius 1 is 1.10 bits per heavy atom. The third kappa shape index (κ3) is 5.32.